The van der Waals surface area contributed by atoms with Crippen LogP contribution in [0.25, 0.3) is 0 Å². The molecule has 0 saturated heterocycles. The summed E-state index contributed by atoms with van der Waals surface area (Å²) in [7, 11) is -1.72. The average molecular weight is 748 g/mol. The maximum Gasteiger partial charge on any atom is 2.00 e. The molecule has 0 heterocycles. The normalized spacial score (nSPS) is 14.6. The van der Waals surface area contributed by atoms with Crippen molar-refractivity contribution < 1.29 is 45.0 Å². The summed E-state index contributed by atoms with van der Waals surface area (Å²) in [5.74, 6) is 1.92. The summed E-state index contributed by atoms with van der Waals surface area (Å²) in [5.41, 5.74) is 7.90. The maximum atomic E-state index is 10.3. The summed E-state index contributed by atoms with van der Waals surface area (Å²) >= 11 is 0. The molecule has 2 rings (SSSR count). The van der Waals surface area contributed by atoms with Crippen molar-refractivity contribution >= 4 is 16.1 Å². The van der Waals surface area contributed by atoms with Gasteiger partial charge in [0.05, 0.1) is 0 Å². The first kappa shape index (κ1) is 40.8. The Morgan fingerprint density at radius 3 is 0.944 bits per heavy atom. The van der Waals surface area contributed by atoms with Gasteiger partial charge >= 0.3 is 39.9 Å². The van der Waals surface area contributed by atoms with E-state index in [9.17, 15) is 5.11 Å². The van der Waals surface area contributed by atoms with Gasteiger partial charge in [-0.25, -0.2) is 0 Å². The molecule has 4 heteroatoms. The number of hydrogen-bond donors (Lipinski definition) is 1. The van der Waals surface area contributed by atoms with Gasteiger partial charge < -0.3 is 18.2 Å². The average Bonchev–Trinajstić information content (AvgIpc) is 2.75. The van der Waals surface area contributed by atoms with E-state index >= 15 is 0 Å². The molecule has 1 N–H and O–H groups in total. The molecule has 0 amide bonds. The summed E-state index contributed by atoms with van der Waals surface area (Å²) < 4.78 is 0. The molecule has 0 spiro atoms. The molecule has 1 aliphatic rings. The standard InChI is InChI=1S/C14H22O.C10H15.2C4H11Si.Th/c1-13(2,3)10-8-7-9-11(12(10)15)14(4,5)6;1-6-7(2)9(4)10(5)8(6)3;2*1-5(2,3)4;/h7-9,15H,1-6H3;1-5H3;2*1H2,2-4H3;/q;;2*-1;+2. The van der Waals surface area contributed by atoms with Gasteiger partial charge in [-0.3, -0.25) is 0 Å². The Morgan fingerprint density at radius 1 is 0.583 bits per heavy atom. The quantitative estimate of drug-likeness (QED) is 0.207. The Bertz CT molecular complexity index is 787. The Hall–Kier alpha value is 0.258. The summed E-state index contributed by atoms with van der Waals surface area (Å²) in [4.78, 5) is 0. The van der Waals surface area contributed by atoms with Crippen LogP contribution in [0.5, 0.6) is 5.75 Å². The van der Waals surface area contributed by atoms with Crippen LogP contribution in [0.3, 0.4) is 0 Å². The molecule has 1 nitrogen and oxygen atoms in total. The number of para-hydroxylation sites is 1. The SMILES string of the molecule is CC(C)(C)c1cccc(C(C)(C)C)c1O.C[C]1C(C)=C(C)C(C)=C1C.[CH2-][Si](C)(C)C.[CH2-][Si](C)(C)C.[Th+2]. The van der Waals surface area contributed by atoms with Crippen molar-refractivity contribution in [1.82, 2.24) is 0 Å². The van der Waals surface area contributed by atoms with Crippen molar-refractivity contribution in [3.05, 3.63) is 70.6 Å². The molecular weight excluding hydrogens is 689 g/mol. The first-order valence-electron chi connectivity index (χ1n) is 12.9. The van der Waals surface area contributed by atoms with Crippen molar-refractivity contribution in [2.24, 2.45) is 0 Å². The third-order valence-electron chi connectivity index (χ3n) is 5.46. The van der Waals surface area contributed by atoms with Crippen LogP contribution < -0.4 is 0 Å². The summed E-state index contributed by atoms with van der Waals surface area (Å²) in [6.07, 6.45) is 0. The molecular formula is C32H59OSi2Th. The molecule has 0 saturated carbocycles. The van der Waals surface area contributed by atoms with Crippen LogP contribution in [0.4, 0.5) is 0 Å². The Balaban J connectivity index is -0.000000448. The van der Waals surface area contributed by atoms with Gasteiger partial charge in [-0.2, -0.15) is 0 Å². The molecule has 0 fully saturated rings. The fourth-order valence-electron chi connectivity index (χ4n) is 3.16. The molecule has 0 bridgehead atoms. The molecule has 205 valence electrons. The Labute approximate surface area is 261 Å². The van der Waals surface area contributed by atoms with Crippen molar-refractivity contribution in [3.63, 3.8) is 0 Å². The zero-order chi connectivity index (χ0) is 28.7. The predicted molar refractivity (Wildman–Crippen MR) is 169 cm³/mol. The van der Waals surface area contributed by atoms with Crippen molar-refractivity contribution in [2.45, 2.75) is 126 Å². The first-order valence-corrected chi connectivity index (χ1v) is 20.3. The van der Waals surface area contributed by atoms with E-state index in [2.05, 4.69) is 129 Å². The second-order valence-corrected chi connectivity index (χ2v) is 24.7. The summed E-state index contributed by atoms with van der Waals surface area (Å²) in [5, 5.41) is 10.3. The van der Waals surface area contributed by atoms with Crippen molar-refractivity contribution in [2.75, 3.05) is 0 Å². The maximum absolute atomic E-state index is 10.3. The van der Waals surface area contributed by atoms with Gasteiger partial charge in [0.2, 0.25) is 0 Å². The predicted octanol–water partition coefficient (Wildman–Crippen LogP) is 10.7. The second kappa shape index (κ2) is 15.7. The van der Waals surface area contributed by atoms with Gasteiger partial charge in [0.15, 0.2) is 0 Å². The fraction of sp³-hybridized carbons (Fsp3) is 0.594. The number of hydrogen-bond acceptors (Lipinski definition) is 1. The molecule has 1 aromatic carbocycles. The topological polar surface area (TPSA) is 20.2 Å². The number of benzene rings is 1. The van der Waals surface area contributed by atoms with Crippen LogP contribution in [0.2, 0.25) is 39.3 Å². The van der Waals surface area contributed by atoms with E-state index in [0.29, 0.717) is 5.75 Å². The zero-order valence-corrected chi connectivity index (χ0v) is 33.2. The van der Waals surface area contributed by atoms with Gasteiger partial charge in [-0.15, -0.1) is 16.1 Å². The van der Waals surface area contributed by atoms with Gasteiger partial charge in [0, 0.05) is 5.92 Å². The summed E-state index contributed by atoms with van der Waals surface area (Å²) in [6.45, 7) is 44.8. The van der Waals surface area contributed by atoms with Crippen LogP contribution in [0, 0.1) is 59.0 Å². The number of aromatic hydroxyl groups is 1. The van der Waals surface area contributed by atoms with Crippen molar-refractivity contribution in [1.29, 1.82) is 0 Å². The Morgan fingerprint density at radius 2 is 0.806 bits per heavy atom. The van der Waals surface area contributed by atoms with E-state index in [-0.39, 0.29) is 50.8 Å². The van der Waals surface area contributed by atoms with Gasteiger partial charge in [-0.1, -0.05) is 117 Å². The Kier molecular flexibility index (Phi) is 17.8. The molecule has 1 aromatic rings. The third-order valence-corrected chi connectivity index (χ3v) is 5.46. The second-order valence-electron chi connectivity index (χ2n) is 14.4. The monoisotopic (exact) mass is 747 g/mol. The van der Waals surface area contributed by atoms with Gasteiger partial charge in [-0.05, 0) is 60.8 Å². The zero-order valence-electron chi connectivity index (χ0n) is 27.1. The van der Waals surface area contributed by atoms with E-state index in [4.69, 9.17) is 0 Å². The number of rotatable bonds is 0. The molecule has 1 radical (unpaired) electrons. The van der Waals surface area contributed by atoms with Gasteiger partial charge in [0.1, 0.15) is 5.75 Å². The molecule has 0 aromatic heterocycles. The minimum Gasteiger partial charge on any atom is -0.507 e. The van der Waals surface area contributed by atoms with E-state index in [1.807, 2.05) is 18.2 Å². The number of allylic oxidation sites excluding steroid dienone is 4. The van der Waals surface area contributed by atoms with Crippen LogP contribution in [-0.2, 0) is 10.8 Å². The van der Waals surface area contributed by atoms with Crippen LogP contribution in [-0.4, -0.2) is 21.3 Å². The van der Waals surface area contributed by atoms with E-state index < -0.39 is 16.1 Å². The first-order chi connectivity index (χ1) is 15.2. The van der Waals surface area contributed by atoms with Crippen LogP contribution >= 0.6 is 0 Å². The van der Waals surface area contributed by atoms with E-state index in [1.54, 1.807) is 0 Å². The fourth-order valence-corrected chi connectivity index (χ4v) is 3.16. The molecule has 0 aliphatic heterocycles. The van der Waals surface area contributed by atoms with Gasteiger partial charge in [0.25, 0.3) is 0 Å². The summed E-state index contributed by atoms with van der Waals surface area (Å²) in [6, 6.07) is 6.04. The van der Waals surface area contributed by atoms with E-state index in [1.165, 1.54) is 28.2 Å². The van der Waals surface area contributed by atoms with Crippen LogP contribution in [0.15, 0.2) is 40.5 Å². The number of phenols is 1. The number of phenolic OH excluding ortho intramolecular Hbond substituents is 1. The molecule has 0 atom stereocenters. The van der Waals surface area contributed by atoms with Crippen molar-refractivity contribution in [3.8, 4) is 5.75 Å². The largest absolute Gasteiger partial charge is 2.00 e. The molecule has 36 heavy (non-hydrogen) atoms. The van der Waals surface area contributed by atoms with Crippen LogP contribution in [0.1, 0.15) is 87.3 Å². The molecule has 1 aliphatic carbocycles. The smallest absolute Gasteiger partial charge is 0.507 e. The minimum atomic E-state index is -0.861. The minimum absolute atomic E-state index is 0. The van der Waals surface area contributed by atoms with E-state index in [0.717, 1.165) is 11.1 Å². The molecule has 0 unspecified atom stereocenters. The third kappa shape index (κ3) is 17.7.